The number of ether oxygens (including phenoxy) is 2. The van der Waals surface area contributed by atoms with Gasteiger partial charge in [0.1, 0.15) is 18.1 Å². The van der Waals surface area contributed by atoms with Gasteiger partial charge < -0.3 is 19.9 Å². The third-order valence-corrected chi connectivity index (χ3v) is 2.21. The maximum absolute atomic E-state index is 9.07. The second-order valence-corrected chi connectivity index (χ2v) is 3.43. The Morgan fingerprint density at radius 1 is 1.38 bits per heavy atom. The summed E-state index contributed by atoms with van der Waals surface area (Å²) in [7, 11) is 1.62. The van der Waals surface area contributed by atoms with Gasteiger partial charge in [-0.2, -0.15) is 0 Å². The molecule has 4 heteroatoms. The van der Waals surface area contributed by atoms with E-state index in [4.69, 9.17) is 14.6 Å². The molecule has 2 N–H and O–H groups in total. The Morgan fingerprint density at radius 2 is 2.12 bits per heavy atom. The van der Waals surface area contributed by atoms with Crippen LogP contribution in [0.15, 0.2) is 24.3 Å². The fourth-order valence-corrected chi connectivity index (χ4v) is 1.35. The van der Waals surface area contributed by atoms with Crippen LogP contribution >= 0.6 is 0 Å². The number of benzene rings is 1. The molecule has 0 fully saturated rings. The van der Waals surface area contributed by atoms with Gasteiger partial charge in [-0.25, -0.2) is 0 Å². The summed E-state index contributed by atoms with van der Waals surface area (Å²) in [5, 5.41) is 12.2. The highest BCUT2D eigenvalue weighted by Gasteiger charge is 2.06. The third kappa shape index (κ3) is 4.08. The van der Waals surface area contributed by atoms with E-state index >= 15 is 0 Å². The van der Waals surface area contributed by atoms with Crippen molar-refractivity contribution in [1.29, 1.82) is 0 Å². The molecule has 0 aliphatic carbocycles. The van der Waals surface area contributed by atoms with Crippen LogP contribution in [0.4, 0.5) is 0 Å². The summed E-state index contributed by atoms with van der Waals surface area (Å²) < 4.78 is 10.6. The summed E-state index contributed by atoms with van der Waals surface area (Å²) in [4.78, 5) is 0. The van der Waals surface area contributed by atoms with Crippen molar-refractivity contribution in [1.82, 2.24) is 5.32 Å². The zero-order chi connectivity index (χ0) is 11.8. The lowest BCUT2D eigenvalue weighted by atomic mass is 10.3. The molecule has 0 aliphatic heterocycles. The zero-order valence-electron chi connectivity index (χ0n) is 9.77. The van der Waals surface area contributed by atoms with Gasteiger partial charge in [0.2, 0.25) is 0 Å². The number of methoxy groups -OCH3 is 1. The van der Waals surface area contributed by atoms with E-state index < -0.39 is 0 Å². The molecule has 4 nitrogen and oxygen atoms in total. The van der Waals surface area contributed by atoms with Crippen molar-refractivity contribution in [3.63, 3.8) is 0 Å². The van der Waals surface area contributed by atoms with E-state index in [1.165, 1.54) is 0 Å². The molecule has 0 bridgehead atoms. The number of hydrogen-bond acceptors (Lipinski definition) is 4. The van der Waals surface area contributed by atoms with E-state index in [0.29, 0.717) is 6.61 Å². The highest BCUT2D eigenvalue weighted by Crippen LogP contribution is 2.18. The first-order valence-corrected chi connectivity index (χ1v) is 5.41. The Kier molecular flexibility index (Phi) is 5.67. The average molecular weight is 225 g/mol. The van der Waals surface area contributed by atoms with Gasteiger partial charge in [-0.05, 0) is 18.7 Å². The maximum atomic E-state index is 9.07. The Balaban J connectivity index is 2.46. The molecule has 0 aromatic heterocycles. The van der Waals surface area contributed by atoms with E-state index in [1.807, 2.05) is 31.2 Å². The predicted octanol–water partition coefficient (Wildman–Crippen LogP) is 1.04. The van der Waals surface area contributed by atoms with Crippen LogP contribution < -0.4 is 14.8 Å². The Bertz CT molecular complexity index is 304. The van der Waals surface area contributed by atoms with Crippen molar-refractivity contribution in [3.8, 4) is 11.5 Å². The van der Waals surface area contributed by atoms with Gasteiger partial charge in [-0.3, -0.25) is 0 Å². The standard InChI is InChI=1S/C12H19NO3/c1-3-13-10(8-14)9-16-12-6-4-5-11(7-12)15-2/h4-7,10,13-14H,3,8-9H2,1-2H3. The van der Waals surface area contributed by atoms with Crippen LogP contribution in [-0.2, 0) is 0 Å². The normalized spacial score (nSPS) is 12.2. The molecule has 16 heavy (non-hydrogen) atoms. The Labute approximate surface area is 96.2 Å². The summed E-state index contributed by atoms with van der Waals surface area (Å²) in [5.74, 6) is 1.51. The van der Waals surface area contributed by atoms with Crippen LogP contribution in [0.2, 0.25) is 0 Å². The van der Waals surface area contributed by atoms with Crippen LogP contribution in [0, 0.1) is 0 Å². The van der Waals surface area contributed by atoms with Gasteiger partial charge in [-0.1, -0.05) is 13.0 Å². The van der Waals surface area contributed by atoms with Crippen molar-refractivity contribution in [3.05, 3.63) is 24.3 Å². The lowest BCUT2D eigenvalue weighted by molar-refractivity contribution is 0.184. The fraction of sp³-hybridized carbons (Fsp3) is 0.500. The molecule has 0 radical (unpaired) electrons. The van der Waals surface area contributed by atoms with Gasteiger partial charge >= 0.3 is 0 Å². The maximum Gasteiger partial charge on any atom is 0.123 e. The van der Waals surface area contributed by atoms with E-state index in [1.54, 1.807) is 7.11 Å². The smallest absolute Gasteiger partial charge is 0.123 e. The molecule has 0 saturated heterocycles. The fourth-order valence-electron chi connectivity index (χ4n) is 1.35. The Morgan fingerprint density at radius 3 is 2.75 bits per heavy atom. The summed E-state index contributed by atoms with van der Waals surface area (Å²) >= 11 is 0. The minimum absolute atomic E-state index is 0.0313. The van der Waals surface area contributed by atoms with Gasteiger partial charge in [0.15, 0.2) is 0 Å². The minimum Gasteiger partial charge on any atom is -0.497 e. The van der Waals surface area contributed by atoms with Gasteiger partial charge in [-0.15, -0.1) is 0 Å². The van der Waals surface area contributed by atoms with Crippen molar-refractivity contribution in [2.75, 3.05) is 26.9 Å². The third-order valence-electron chi connectivity index (χ3n) is 2.21. The molecule has 0 amide bonds. The molecular formula is C12H19NO3. The highest BCUT2D eigenvalue weighted by atomic mass is 16.5. The van der Waals surface area contributed by atoms with Crippen LogP contribution in [-0.4, -0.2) is 38.0 Å². The van der Waals surface area contributed by atoms with Crippen LogP contribution in [0.3, 0.4) is 0 Å². The highest BCUT2D eigenvalue weighted by molar-refractivity contribution is 5.32. The second kappa shape index (κ2) is 7.09. The average Bonchev–Trinajstić information content (AvgIpc) is 2.34. The lowest BCUT2D eigenvalue weighted by Gasteiger charge is -2.16. The number of likely N-dealkylation sites (N-methyl/N-ethyl adjacent to an activating group) is 1. The van der Waals surface area contributed by atoms with Gasteiger partial charge in [0.05, 0.1) is 19.8 Å². The molecule has 1 rings (SSSR count). The predicted molar refractivity (Wildman–Crippen MR) is 63.0 cm³/mol. The molecule has 0 saturated carbocycles. The summed E-state index contributed by atoms with van der Waals surface area (Å²) in [6.45, 7) is 3.32. The molecular weight excluding hydrogens is 206 g/mol. The minimum atomic E-state index is -0.0313. The van der Waals surface area contributed by atoms with Crippen molar-refractivity contribution in [2.24, 2.45) is 0 Å². The molecule has 0 aliphatic rings. The van der Waals surface area contributed by atoms with Crippen LogP contribution in [0.25, 0.3) is 0 Å². The second-order valence-electron chi connectivity index (χ2n) is 3.43. The van der Waals surface area contributed by atoms with Crippen LogP contribution in [0.1, 0.15) is 6.92 Å². The number of rotatable bonds is 7. The van der Waals surface area contributed by atoms with E-state index in [2.05, 4.69) is 5.32 Å². The van der Waals surface area contributed by atoms with E-state index in [0.717, 1.165) is 18.0 Å². The zero-order valence-corrected chi connectivity index (χ0v) is 9.77. The molecule has 0 heterocycles. The van der Waals surface area contributed by atoms with Crippen molar-refractivity contribution in [2.45, 2.75) is 13.0 Å². The molecule has 1 aromatic carbocycles. The van der Waals surface area contributed by atoms with Crippen LogP contribution in [0.5, 0.6) is 11.5 Å². The van der Waals surface area contributed by atoms with Gasteiger partial charge in [0, 0.05) is 6.07 Å². The lowest BCUT2D eigenvalue weighted by Crippen LogP contribution is -2.37. The Hall–Kier alpha value is -1.26. The molecule has 1 aromatic rings. The number of hydrogen-bond donors (Lipinski definition) is 2. The quantitative estimate of drug-likeness (QED) is 0.728. The summed E-state index contributed by atoms with van der Waals surface area (Å²) in [6, 6.07) is 7.38. The summed E-state index contributed by atoms with van der Waals surface area (Å²) in [5.41, 5.74) is 0. The van der Waals surface area contributed by atoms with Gasteiger partial charge in [0.25, 0.3) is 0 Å². The van der Waals surface area contributed by atoms with Crippen molar-refractivity contribution >= 4 is 0 Å². The first kappa shape index (κ1) is 12.8. The molecule has 1 atom stereocenters. The number of aliphatic hydroxyl groups is 1. The number of nitrogens with one attached hydrogen (secondary N) is 1. The topological polar surface area (TPSA) is 50.7 Å². The van der Waals surface area contributed by atoms with Crippen molar-refractivity contribution < 1.29 is 14.6 Å². The van der Waals surface area contributed by atoms with E-state index in [-0.39, 0.29) is 12.6 Å². The SMILES string of the molecule is CCNC(CO)COc1cccc(OC)c1. The molecule has 90 valence electrons. The summed E-state index contributed by atoms with van der Waals surface area (Å²) in [6.07, 6.45) is 0. The first-order valence-electron chi connectivity index (χ1n) is 5.41. The van der Waals surface area contributed by atoms with E-state index in [9.17, 15) is 0 Å². The molecule has 1 unspecified atom stereocenters. The first-order chi connectivity index (χ1) is 7.80. The monoisotopic (exact) mass is 225 g/mol. The number of aliphatic hydroxyl groups excluding tert-OH is 1. The molecule has 0 spiro atoms. The largest absolute Gasteiger partial charge is 0.497 e.